The topological polar surface area (TPSA) is 161 Å². The second kappa shape index (κ2) is 11.3. The molecule has 0 aliphatic carbocycles. The van der Waals surface area contributed by atoms with E-state index in [1.54, 1.807) is 55.9 Å². The Labute approximate surface area is 143 Å². The normalized spacial score (nSPS) is 16.3. The molecular formula is C14H32N2O8. The molecule has 0 spiro atoms. The van der Waals surface area contributed by atoms with E-state index in [4.69, 9.17) is 40.2 Å². The first kappa shape index (κ1) is 27.5. The average Bonchev–Trinajstić information content (AvgIpc) is 2.39. The summed E-state index contributed by atoms with van der Waals surface area (Å²) < 4.78 is 0.444. The first-order valence-corrected chi connectivity index (χ1v) is 7.23. The van der Waals surface area contributed by atoms with Crippen molar-refractivity contribution < 1.29 is 49.2 Å². The number of aliphatic hydroxyl groups excluding tert-OH is 4. The molecular weight excluding hydrogens is 324 g/mol. The molecule has 0 fully saturated rings. The lowest BCUT2D eigenvalue weighted by molar-refractivity contribution is -0.974. The van der Waals surface area contributed by atoms with Gasteiger partial charge < -0.3 is 40.2 Å². The van der Waals surface area contributed by atoms with Gasteiger partial charge in [0.1, 0.15) is 0 Å². The molecule has 0 aromatic rings. The van der Waals surface area contributed by atoms with Gasteiger partial charge in [0.2, 0.25) is 0 Å². The third kappa shape index (κ3) is 11.3. The fourth-order valence-corrected chi connectivity index (χ4v) is 0.624. The minimum Gasteiger partial charge on any atom is -0.543 e. The number of hydrogen-bond donors (Lipinski definition) is 4. The number of aliphatic hydroxyl groups is 4. The van der Waals surface area contributed by atoms with E-state index in [9.17, 15) is 0 Å². The molecule has 24 heavy (non-hydrogen) atoms. The van der Waals surface area contributed by atoms with Crippen molar-refractivity contribution in [1.29, 1.82) is 0 Å². The van der Waals surface area contributed by atoms with Crippen LogP contribution in [0, 0.1) is 0 Å². The lowest BCUT2D eigenvalue weighted by Gasteiger charge is -2.35. The van der Waals surface area contributed by atoms with Gasteiger partial charge in [-0.3, -0.25) is 8.97 Å². The lowest BCUT2D eigenvalue weighted by Crippen LogP contribution is -2.53. The number of carbonyl (C=O) groups excluding carboxylic acids is 2. The van der Waals surface area contributed by atoms with E-state index in [0.29, 0.717) is 0 Å². The van der Waals surface area contributed by atoms with Gasteiger partial charge in [-0.25, -0.2) is 0 Å². The van der Waals surface area contributed by atoms with Gasteiger partial charge >= 0.3 is 0 Å². The van der Waals surface area contributed by atoms with Crippen LogP contribution in [0.4, 0.5) is 0 Å². The van der Waals surface area contributed by atoms with E-state index in [0.717, 1.165) is 0 Å². The van der Waals surface area contributed by atoms with E-state index >= 15 is 0 Å². The Morgan fingerprint density at radius 2 is 0.750 bits per heavy atom. The predicted molar refractivity (Wildman–Crippen MR) is 81.0 cm³/mol. The summed E-state index contributed by atoms with van der Waals surface area (Å²) in [4.78, 5) is 17.9. The van der Waals surface area contributed by atoms with E-state index in [-0.39, 0.29) is 8.97 Å². The molecule has 0 amide bonds. The Morgan fingerprint density at radius 1 is 0.625 bits per heavy atom. The standard InChI is InChI=1S/2C6H16NO2.C2H2O4/c2*1-5(8)7(3,4)6(2)9;3-1(4)2(5)6/h2*5-6,8-9H,1-4H3;(H,3,4)(H,5,6)/q2*+1;/p-2. The maximum absolute atomic E-state index is 9.06. The van der Waals surface area contributed by atoms with Crippen molar-refractivity contribution in [2.75, 3.05) is 28.2 Å². The Kier molecular flexibility index (Phi) is 13.0. The fraction of sp³-hybridized carbons (Fsp3) is 0.857. The molecule has 0 aliphatic rings. The maximum atomic E-state index is 9.06. The maximum Gasteiger partial charge on any atom is 0.189 e. The molecule has 0 aromatic heterocycles. The number of carbonyl (C=O) groups is 2. The number of nitrogens with zero attached hydrogens (tertiary/aromatic N) is 2. The first-order valence-electron chi connectivity index (χ1n) is 7.23. The second-order valence-electron chi connectivity index (χ2n) is 6.36. The minimum absolute atomic E-state index is 0.222. The zero-order chi connectivity index (χ0) is 20.5. The number of aliphatic carboxylic acids is 2. The fourth-order valence-electron chi connectivity index (χ4n) is 0.624. The van der Waals surface area contributed by atoms with Crippen LogP contribution in [0.1, 0.15) is 27.7 Å². The van der Waals surface area contributed by atoms with Gasteiger partial charge in [0.25, 0.3) is 0 Å². The van der Waals surface area contributed by atoms with Crippen LogP contribution < -0.4 is 10.2 Å². The lowest BCUT2D eigenvalue weighted by atomic mass is 10.4. The van der Waals surface area contributed by atoms with Crippen molar-refractivity contribution in [2.24, 2.45) is 0 Å². The van der Waals surface area contributed by atoms with Crippen LogP contribution in [0.5, 0.6) is 0 Å². The Hall–Kier alpha value is -1.30. The monoisotopic (exact) mass is 356 g/mol. The zero-order valence-electron chi connectivity index (χ0n) is 15.6. The molecule has 0 radical (unpaired) electrons. The van der Waals surface area contributed by atoms with Gasteiger partial charge in [-0.05, 0) is 0 Å². The quantitative estimate of drug-likeness (QED) is 0.225. The number of carboxylic acid groups (broad SMARTS) is 2. The Balaban J connectivity index is -0.000000282. The van der Waals surface area contributed by atoms with E-state index < -0.39 is 36.9 Å². The summed E-state index contributed by atoms with van der Waals surface area (Å²) >= 11 is 0. The summed E-state index contributed by atoms with van der Waals surface area (Å²) in [6.07, 6.45) is -2.09. The second-order valence-corrected chi connectivity index (χ2v) is 6.36. The smallest absolute Gasteiger partial charge is 0.189 e. The highest BCUT2D eigenvalue weighted by Gasteiger charge is 2.27. The molecule has 0 rings (SSSR count). The van der Waals surface area contributed by atoms with Crippen LogP contribution in [0.3, 0.4) is 0 Å². The molecule has 0 aliphatic heterocycles. The molecule has 0 saturated carbocycles. The van der Waals surface area contributed by atoms with Gasteiger partial charge in [0, 0.05) is 27.7 Å². The number of carboxylic acids is 2. The molecule has 10 nitrogen and oxygen atoms in total. The molecule has 0 aromatic carbocycles. The molecule has 10 heteroatoms. The van der Waals surface area contributed by atoms with Crippen LogP contribution in [-0.4, -0.2) is 94.4 Å². The van der Waals surface area contributed by atoms with Crippen molar-refractivity contribution in [1.82, 2.24) is 0 Å². The number of rotatable bonds is 4. The van der Waals surface area contributed by atoms with Gasteiger partial charge in [-0.1, -0.05) is 0 Å². The van der Waals surface area contributed by atoms with Gasteiger partial charge in [0.15, 0.2) is 24.9 Å². The summed E-state index contributed by atoms with van der Waals surface area (Å²) in [6.45, 7) is 6.64. The van der Waals surface area contributed by atoms with E-state index in [2.05, 4.69) is 0 Å². The van der Waals surface area contributed by atoms with Crippen LogP contribution in [0.2, 0.25) is 0 Å². The first-order chi connectivity index (χ1) is 10.4. The van der Waals surface area contributed by atoms with Crippen LogP contribution in [0.15, 0.2) is 0 Å². The summed E-state index contributed by atoms with van der Waals surface area (Å²) in [7, 11) is 7.09. The third-order valence-electron chi connectivity index (χ3n) is 4.02. The van der Waals surface area contributed by atoms with E-state index in [1.807, 2.05) is 0 Å². The zero-order valence-corrected chi connectivity index (χ0v) is 15.6. The predicted octanol–water partition coefficient (Wildman–Crippen LogP) is -4.03. The third-order valence-corrected chi connectivity index (χ3v) is 4.02. The van der Waals surface area contributed by atoms with Gasteiger partial charge in [0.05, 0.1) is 40.1 Å². The molecule has 146 valence electrons. The van der Waals surface area contributed by atoms with Crippen LogP contribution in [0.25, 0.3) is 0 Å². The van der Waals surface area contributed by atoms with Crippen molar-refractivity contribution in [3.05, 3.63) is 0 Å². The number of quaternary nitrogens is 2. The van der Waals surface area contributed by atoms with Crippen LogP contribution in [-0.2, 0) is 9.59 Å². The molecule has 0 heterocycles. The molecule has 4 atom stereocenters. The van der Waals surface area contributed by atoms with Gasteiger partial charge in [-0.15, -0.1) is 0 Å². The Bertz CT molecular complexity index is 323. The van der Waals surface area contributed by atoms with Crippen molar-refractivity contribution in [2.45, 2.75) is 52.6 Å². The number of hydrogen-bond acceptors (Lipinski definition) is 8. The van der Waals surface area contributed by atoms with Crippen LogP contribution >= 0.6 is 0 Å². The summed E-state index contributed by atoms with van der Waals surface area (Å²) in [5.74, 6) is -4.37. The minimum atomic E-state index is -2.19. The highest BCUT2D eigenvalue weighted by atomic mass is 16.4. The molecule has 0 bridgehead atoms. The average molecular weight is 356 g/mol. The van der Waals surface area contributed by atoms with Gasteiger partial charge in [-0.2, -0.15) is 0 Å². The summed E-state index contributed by atoms with van der Waals surface area (Å²) in [6, 6.07) is 0. The molecule has 4 N–H and O–H groups in total. The van der Waals surface area contributed by atoms with Crippen molar-refractivity contribution >= 4 is 11.9 Å². The summed E-state index contributed by atoms with van der Waals surface area (Å²) in [5, 5.41) is 54.1. The SMILES string of the molecule is CC(O)[N+](C)(C)C(C)O.CC(O)[N+](C)(C)C(C)O.O=C([O-])C(=O)[O-]. The highest BCUT2D eigenvalue weighted by molar-refractivity contribution is 6.25. The van der Waals surface area contributed by atoms with E-state index in [1.165, 1.54) is 0 Å². The Morgan fingerprint density at radius 3 is 0.750 bits per heavy atom. The van der Waals surface area contributed by atoms with Crippen molar-refractivity contribution in [3.63, 3.8) is 0 Å². The van der Waals surface area contributed by atoms with Crippen molar-refractivity contribution in [3.8, 4) is 0 Å². The molecule has 0 saturated heterocycles. The molecule has 4 unspecified atom stereocenters. The summed E-state index contributed by atoms with van der Waals surface area (Å²) in [5.41, 5.74) is 0. The largest absolute Gasteiger partial charge is 0.543 e. The highest BCUT2D eigenvalue weighted by Crippen LogP contribution is 2.07.